The molecule has 2 atom stereocenters. The monoisotopic (exact) mass is 276 g/mol. The van der Waals surface area contributed by atoms with Crippen LogP contribution in [0.1, 0.15) is 54.7 Å². The molecule has 2 aromatic heterocycles. The van der Waals surface area contributed by atoms with Crippen LogP contribution in [-0.2, 0) is 0 Å². The number of aromatic nitrogens is 3. The van der Waals surface area contributed by atoms with Gasteiger partial charge >= 0.3 is 0 Å². The molecule has 0 saturated heterocycles. The van der Waals surface area contributed by atoms with E-state index in [1.807, 2.05) is 27.7 Å². The minimum atomic E-state index is -0.144. The van der Waals surface area contributed by atoms with Gasteiger partial charge in [0.2, 0.25) is 5.89 Å². The van der Waals surface area contributed by atoms with Crippen molar-refractivity contribution in [2.75, 3.05) is 0 Å². The molecule has 2 aromatic rings. The number of nitrogens with zero attached hydrogens (tertiary/aromatic N) is 2. The molecule has 2 heterocycles. The molecule has 2 N–H and O–H groups in total. The third kappa shape index (κ3) is 2.96. The van der Waals surface area contributed by atoms with Gasteiger partial charge < -0.3 is 9.40 Å². The van der Waals surface area contributed by atoms with Crippen LogP contribution in [-0.4, -0.2) is 15.0 Å². The minimum Gasteiger partial charge on any atom is -0.444 e. The van der Waals surface area contributed by atoms with Gasteiger partial charge in [0.25, 0.3) is 5.56 Å². The molecule has 6 nitrogen and oxygen atoms in total. The van der Waals surface area contributed by atoms with Crippen molar-refractivity contribution in [3.63, 3.8) is 0 Å². The standard InChI is InChI=1S/C14H20N4O2/c1-7-6-15-14(20-7)10(4)16-8(2)12-9(3)17-11(5)18-13(12)19/h6,8,10,16H,1-5H3,(H,17,18,19). The Balaban J connectivity index is 2.20. The second-order valence-corrected chi connectivity index (χ2v) is 5.07. The average Bonchev–Trinajstić information content (AvgIpc) is 2.74. The zero-order valence-corrected chi connectivity index (χ0v) is 12.4. The Labute approximate surface area is 117 Å². The van der Waals surface area contributed by atoms with Gasteiger partial charge in [0.05, 0.1) is 17.8 Å². The van der Waals surface area contributed by atoms with E-state index in [0.29, 0.717) is 17.3 Å². The fraction of sp³-hybridized carbons (Fsp3) is 0.500. The first-order valence-electron chi connectivity index (χ1n) is 6.64. The van der Waals surface area contributed by atoms with Gasteiger partial charge in [-0.2, -0.15) is 0 Å². The van der Waals surface area contributed by atoms with Crippen LogP contribution < -0.4 is 10.9 Å². The number of aromatic amines is 1. The van der Waals surface area contributed by atoms with E-state index in [0.717, 1.165) is 11.5 Å². The minimum absolute atomic E-state index is 0.0844. The molecule has 2 rings (SSSR count). The summed E-state index contributed by atoms with van der Waals surface area (Å²) in [6.45, 7) is 9.35. The number of hydrogen-bond acceptors (Lipinski definition) is 5. The molecule has 2 unspecified atom stereocenters. The van der Waals surface area contributed by atoms with Crippen LogP contribution in [0, 0.1) is 20.8 Å². The number of hydrogen-bond donors (Lipinski definition) is 2. The van der Waals surface area contributed by atoms with E-state index in [-0.39, 0.29) is 17.6 Å². The Morgan fingerprint density at radius 2 is 1.95 bits per heavy atom. The van der Waals surface area contributed by atoms with Crippen molar-refractivity contribution in [1.29, 1.82) is 0 Å². The molecule has 20 heavy (non-hydrogen) atoms. The molecule has 0 radical (unpaired) electrons. The smallest absolute Gasteiger partial charge is 0.255 e. The molecular weight excluding hydrogens is 256 g/mol. The molecule has 0 aliphatic rings. The number of H-pyrrole nitrogens is 1. The summed E-state index contributed by atoms with van der Waals surface area (Å²) < 4.78 is 5.49. The first-order chi connectivity index (χ1) is 9.38. The maximum atomic E-state index is 12.0. The SMILES string of the molecule is Cc1nc(C)c(C(C)NC(C)c2ncc(C)o2)c(=O)[nH]1. The second-order valence-electron chi connectivity index (χ2n) is 5.07. The Kier molecular flexibility index (Phi) is 4.04. The highest BCUT2D eigenvalue weighted by Gasteiger charge is 2.19. The first kappa shape index (κ1) is 14.5. The summed E-state index contributed by atoms with van der Waals surface area (Å²) in [4.78, 5) is 23.3. The van der Waals surface area contributed by atoms with Gasteiger partial charge in [-0.05, 0) is 34.6 Å². The molecule has 0 bridgehead atoms. The lowest BCUT2D eigenvalue weighted by molar-refractivity contribution is 0.378. The maximum Gasteiger partial charge on any atom is 0.255 e. The molecule has 0 aromatic carbocycles. The Morgan fingerprint density at radius 1 is 1.25 bits per heavy atom. The van der Waals surface area contributed by atoms with Gasteiger partial charge in [-0.3, -0.25) is 10.1 Å². The van der Waals surface area contributed by atoms with Gasteiger partial charge in [0, 0.05) is 11.7 Å². The molecule has 0 spiro atoms. The highest BCUT2D eigenvalue weighted by molar-refractivity contribution is 5.20. The van der Waals surface area contributed by atoms with Crippen LogP contribution in [0.3, 0.4) is 0 Å². The van der Waals surface area contributed by atoms with Gasteiger partial charge in [-0.25, -0.2) is 9.97 Å². The Bertz CT molecular complexity index is 659. The molecule has 108 valence electrons. The maximum absolute atomic E-state index is 12.0. The molecule has 0 amide bonds. The molecule has 0 fully saturated rings. The Morgan fingerprint density at radius 3 is 2.50 bits per heavy atom. The fourth-order valence-electron chi connectivity index (χ4n) is 2.35. The molecule has 6 heteroatoms. The molecule has 0 aliphatic carbocycles. The third-order valence-electron chi connectivity index (χ3n) is 3.21. The zero-order valence-electron chi connectivity index (χ0n) is 12.4. The van der Waals surface area contributed by atoms with E-state index in [9.17, 15) is 4.79 Å². The predicted octanol–water partition coefficient (Wildman–Crippen LogP) is 2.09. The topological polar surface area (TPSA) is 83.8 Å². The third-order valence-corrected chi connectivity index (χ3v) is 3.21. The van der Waals surface area contributed by atoms with Crippen molar-refractivity contribution in [2.45, 2.75) is 46.7 Å². The molecule has 0 aliphatic heterocycles. The van der Waals surface area contributed by atoms with Crippen molar-refractivity contribution in [3.05, 3.63) is 45.3 Å². The van der Waals surface area contributed by atoms with Crippen molar-refractivity contribution >= 4 is 0 Å². The summed E-state index contributed by atoms with van der Waals surface area (Å²) in [5.74, 6) is 2.01. The highest BCUT2D eigenvalue weighted by atomic mass is 16.4. The van der Waals surface area contributed by atoms with Crippen LogP contribution in [0.2, 0.25) is 0 Å². The van der Waals surface area contributed by atoms with E-state index in [4.69, 9.17) is 4.42 Å². The van der Waals surface area contributed by atoms with Crippen LogP contribution in [0.4, 0.5) is 0 Å². The normalized spacial score (nSPS) is 14.2. The summed E-state index contributed by atoms with van der Waals surface area (Å²) in [5.41, 5.74) is 1.28. The molecular formula is C14H20N4O2. The molecule has 0 saturated carbocycles. The van der Waals surface area contributed by atoms with Gasteiger partial charge in [0.1, 0.15) is 11.6 Å². The van der Waals surface area contributed by atoms with Crippen LogP contribution in [0.5, 0.6) is 0 Å². The van der Waals surface area contributed by atoms with E-state index in [1.165, 1.54) is 0 Å². The lowest BCUT2D eigenvalue weighted by atomic mass is 10.1. The van der Waals surface area contributed by atoms with Crippen LogP contribution in [0.15, 0.2) is 15.4 Å². The quantitative estimate of drug-likeness (QED) is 0.893. The van der Waals surface area contributed by atoms with Gasteiger partial charge in [0.15, 0.2) is 0 Å². The lowest BCUT2D eigenvalue weighted by Gasteiger charge is -2.18. The number of rotatable bonds is 4. The summed E-state index contributed by atoms with van der Waals surface area (Å²) in [6.07, 6.45) is 1.68. The van der Waals surface area contributed by atoms with E-state index in [1.54, 1.807) is 13.1 Å². The van der Waals surface area contributed by atoms with E-state index in [2.05, 4.69) is 20.3 Å². The van der Waals surface area contributed by atoms with Crippen molar-refractivity contribution in [2.24, 2.45) is 0 Å². The summed E-state index contributed by atoms with van der Waals surface area (Å²) in [7, 11) is 0. The largest absolute Gasteiger partial charge is 0.444 e. The Hall–Kier alpha value is -1.95. The van der Waals surface area contributed by atoms with Gasteiger partial charge in [-0.1, -0.05) is 0 Å². The van der Waals surface area contributed by atoms with Gasteiger partial charge in [-0.15, -0.1) is 0 Å². The highest BCUT2D eigenvalue weighted by Crippen LogP contribution is 2.18. The van der Waals surface area contributed by atoms with Crippen molar-refractivity contribution in [3.8, 4) is 0 Å². The number of nitrogens with one attached hydrogen (secondary N) is 2. The number of oxazole rings is 1. The van der Waals surface area contributed by atoms with E-state index < -0.39 is 0 Å². The second kappa shape index (κ2) is 5.58. The summed E-state index contributed by atoms with van der Waals surface area (Å²) in [6, 6.07) is -0.229. The summed E-state index contributed by atoms with van der Waals surface area (Å²) in [5, 5.41) is 3.31. The van der Waals surface area contributed by atoms with E-state index >= 15 is 0 Å². The average molecular weight is 276 g/mol. The fourth-order valence-corrected chi connectivity index (χ4v) is 2.35. The van der Waals surface area contributed by atoms with Crippen molar-refractivity contribution in [1.82, 2.24) is 20.3 Å². The number of aryl methyl sites for hydroxylation is 3. The summed E-state index contributed by atoms with van der Waals surface area (Å²) >= 11 is 0. The van der Waals surface area contributed by atoms with Crippen molar-refractivity contribution < 1.29 is 4.42 Å². The lowest BCUT2D eigenvalue weighted by Crippen LogP contribution is -2.29. The van der Waals surface area contributed by atoms with Crippen LogP contribution in [0.25, 0.3) is 0 Å². The zero-order chi connectivity index (χ0) is 14.9. The predicted molar refractivity (Wildman–Crippen MR) is 75.5 cm³/mol. The first-order valence-corrected chi connectivity index (χ1v) is 6.64. The van der Waals surface area contributed by atoms with Crippen LogP contribution >= 0.6 is 0 Å².